The molecule has 18 heavy (non-hydrogen) atoms. The van der Waals surface area contributed by atoms with E-state index in [-0.39, 0.29) is 17.1 Å². The molecule has 0 unspecified atom stereocenters. The fourth-order valence-electron chi connectivity index (χ4n) is 1.29. The van der Waals surface area contributed by atoms with Gasteiger partial charge in [0.2, 0.25) is 5.96 Å². The van der Waals surface area contributed by atoms with Gasteiger partial charge in [0.25, 0.3) is 0 Å². The van der Waals surface area contributed by atoms with Gasteiger partial charge in [0.05, 0.1) is 11.8 Å². The second kappa shape index (κ2) is 5.03. The molecule has 0 radical (unpaired) electrons. The third kappa shape index (κ3) is 3.19. The first kappa shape index (κ1) is 13.9. The van der Waals surface area contributed by atoms with Gasteiger partial charge in [-0.15, -0.1) is 5.10 Å². The monoisotopic (exact) mass is 262 g/mol. The minimum Gasteiger partial charge on any atom is -0.369 e. The van der Waals surface area contributed by atoms with E-state index in [4.69, 9.17) is 11.5 Å². The van der Waals surface area contributed by atoms with Crippen LogP contribution >= 0.6 is 0 Å². The standard InChI is InChI=1S/C10H10F4N4/c1-5-2-3-6(4-17-18-9(15)16)8(11)7(5)10(12,13)14/h2-4H,1H3,(H4,15,16,18). The molecule has 0 aromatic heterocycles. The molecule has 0 saturated carbocycles. The molecule has 0 bridgehead atoms. The third-order valence-corrected chi connectivity index (χ3v) is 2.03. The molecule has 4 N–H and O–H groups in total. The largest absolute Gasteiger partial charge is 0.419 e. The average Bonchev–Trinajstić information content (AvgIpc) is 2.19. The lowest BCUT2D eigenvalue weighted by Gasteiger charge is -2.12. The van der Waals surface area contributed by atoms with Crippen LogP contribution in [0.1, 0.15) is 16.7 Å². The lowest BCUT2D eigenvalue weighted by Crippen LogP contribution is -2.21. The SMILES string of the molecule is Cc1ccc(C=NN=C(N)N)c(F)c1C(F)(F)F. The first-order chi connectivity index (χ1) is 8.23. The molecule has 0 heterocycles. The van der Waals surface area contributed by atoms with E-state index in [1.165, 1.54) is 6.92 Å². The summed E-state index contributed by atoms with van der Waals surface area (Å²) in [5.74, 6) is -1.79. The van der Waals surface area contributed by atoms with Crippen LogP contribution in [-0.4, -0.2) is 12.2 Å². The molecular formula is C10H10F4N4. The Balaban J connectivity index is 3.26. The zero-order chi connectivity index (χ0) is 13.9. The van der Waals surface area contributed by atoms with Crippen LogP contribution in [0.4, 0.5) is 17.6 Å². The maximum absolute atomic E-state index is 13.6. The Kier molecular flexibility index (Phi) is 3.89. The Labute approximate surface area is 100.0 Å². The second-order valence-corrected chi connectivity index (χ2v) is 3.43. The maximum atomic E-state index is 13.6. The molecule has 4 nitrogen and oxygen atoms in total. The van der Waals surface area contributed by atoms with E-state index < -0.39 is 17.6 Å². The van der Waals surface area contributed by atoms with Crippen LogP contribution in [0.5, 0.6) is 0 Å². The van der Waals surface area contributed by atoms with Crippen molar-refractivity contribution in [1.82, 2.24) is 0 Å². The van der Waals surface area contributed by atoms with Gasteiger partial charge in [0, 0.05) is 5.56 Å². The van der Waals surface area contributed by atoms with Crippen molar-refractivity contribution in [1.29, 1.82) is 0 Å². The Morgan fingerprint density at radius 1 is 1.28 bits per heavy atom. The minimum absolute atomic E-state index is 0.209. The van der Waals surface area contributed by atoms with Crippen molar-refractivity contribution in [2.24, 2.45) is 21.7 Å². The molecule has 0 atom stereocenters. The Morgan fingerprint density at radius 3 is 2.39 bits per heavy atom. The van der Waals surface area contributed by atoms with Crippen LogP contribution < -0.4 is 11.5 Å². The van der Waals surface area contributed by atoms with Crippen molar-refractivity contribution >= 4 is 12.2 Å². The molecule has 0 amide bonds. The normalized spacial score (nSPS) is 11.8. The number of rotatable bonds is 2. The Morgan fingerprint density at radius 2 is 1.89 bits per heavy atom. The number of nitrogens with zero attached hydrogens (tertiary/aromatic N) is 2. The molecule has 1 aromatic rings. The van der Waals surface area contributed by atoms with Crippen molar-refractivity contribution < 1.29 is 17.6 Å². The molecule has 0 aliphatic heterocycles. The number of hydrogen-bond acceptors (Lipinski definition) is 2. The Bertz CT molecular complexity index is 501. The third-order valence-electron chi connectivity index (χ3n) is 2.03. The van der Waals surface area contributed by atoms with Crippen molar-refractivity contribution in [2.45, 2.75) is 13.1 Å². The van der Waals surface area contributed by atoms with Crippen molar-refractivity contribution in [2.75, 3.05) is 0 Å². The quantitative estimate of drug-likeness (QED) is 0.369. The van der Waals surface area contributed by atoms with Crippen molar-refractivity contribution in [3.63, 3.8) is 0 Å². The van der Waals surface area contributed by atoms with Crippen LogP contribution in [0.3, 0.4) is 0 Å². The van der Waals surface area contributed by atoms with Crippen LogP contribution in [0.15, 0.2) is 22.3 Å². The summed E-state index contributed by atoms with van der Waals surface area (Å²) in [5, 5.41) is 6.43. The molecule has 1 aromatic carbocycles. The van der Waals surface area contributed by atoms with Gasteiger partial charge in [0.15, 0.2) is 0 Å². The number of alkyl halides is 3. The van der Waals surface area contributed by atoms with Gasteiger partial charge in [0.1, 0.15) is 5.82 Å². The van der Waals surface area contributed by atoms with Crippen molar-refractivity contribution in [3.8, 4) is 0 Å². The second-order valence-electron chi connectivity index (χ2n) is 3.43. The molecular weight excluding hydrogens is 252 g/mol. The lowest BCUT2D eigenvalue weighted by molar-refractivity contribution is -0.140. The van der Waals surface area contributed by atoms with E-state index in [2.05, 4.69) is 10.2 Å². The molecule has 1 rings (SSSR count). The van der Waals surface area contributed by atoms with Crippen LogP contribution in [0.2, 0.25) is 0 Å². The average molecular weight is 262 g/mol. The van der Waals surface area contributed by atoms with Crippen molar-refractivity contribution in [3.05, 3.63) is 34.6 Å². The fourth-order valence-corrected chi connectivity index (χ4v) is 1.29. The van der Waals surface area contributed by atoms with Gasteiger partial charge in [-0.2, -0.15) is 18.3 Å². The predicted molar refractivity (Wildman–Crippen MR) is 59.5 cm³/mol. The van der Waals surface area contributed by atoms with E-state index in [0.29, 0.717) is 0 Å². The number of nitrogens with two attached hydrogens (primary N) is 2. The fraction of sp³-hybridized carbons (Fsp3) is 0.200. The molecule has 0 fully saturated rings. The summed E-state index contributed by atoms with van der Waals surface area (Å²) < 4.78 is 51.4. The number of halogens is 4. The van der Waals surface area contributed by atoms with E-state index in [0.717, 1.165) is 18.3 Å². The summed E-state index contributed by atoms with van der Waals surface area (Å²) in [4.78, 5) is 0. The molecule has 0 spiro atoms. The maximum Gasteiger partial charge on any atom is 0.419 e. The summed E-state index contributed by atoms with van der Waals surface area (Å²) in [5.41, 5.74) is 8.03. The molecule has 0 saturated heterocycles. The summed E-state index contributed by atoms with van der Waals surface area (Å²) in [7, 11) is 0. The topological polar surface area (TPSA) is 76.8 Å². The minimum atomic E-state index is -4.77. The van der Waals surface area contributed by atoms with E-state index in [1.54, 1.807) is 0 Å². The summed E-state index contributed by atoms with van der Waals surface area (Å²) >= 11 is 0. The smallest absolute Gasteiger partial charge is 0.369 e. The van der Waals surface area contributed by atoms with E-state index in [9.17, 15) is 17.6 Å². The molecule has 0 aliphatic carbocycles. The van der Waals surface area contributed by atoms with Gasteiger partial charge >= 0.3 is 6.18 Å². The summed E-state index contributed by atoms with van der Waals surface area (Å²) in [6, 6.07) is 2.30. The van der Waals surface area contributed by atoms with Gasteiger partial charge in [-0.05, 0) is 12.5 Å². The van der Waals surface area contributed by atoms with Gasteiger partial charge in [-0.25, -0.2) is 4.39 Å². The van der Waals surface area contributed by atoms with Crippen LogP contribution in [0.25, 0.3) is 0 Å². The van der Waals surface area contributed by atoms with Crippen LogP contribution in [0, 0.1) is 12.7 Å². The number of guanidine groups is 1. The Hall–Kier alpha value is -2.12. The predicted octanol–water partition coefficient (Wildman–Crippen LogP) is 1.76. The molecule has 98 valence electrons. The van der Waals surface area contributed by atoms with Gasteiger partial charge in [-0.3, -0.25) is 0 Å². The highest BCUT2D eigenvalue weighted by atomic mass is 19.4. The van der Waals surface area contributed by atoms with E-state index >= 15 is 0 Å². The van der Waals surface area contributed by atoms with E-state index in [1.807, 2.05) is 0 Å². The zero-order valence-corrected chi connectivity index (χ0v) is 9.29. The first-order valence-electron chi connectivity index (χ1n) is 4.71. The summed E-state index contributed by atoms with van der Waals surface area (Å²) in [6.45, 7) is 1.17. The highest BCUT2D eigenvalue weighted by Gasteiger charge is 2.36. The summed E-state index contributed by atoms with van der Waals surface area (Å²) in [6.07, 6.45) is -3.96. The first-order valence-corrected chi connectivity index (χ1v) is 4.71. The number of aryl methyl sites for hydroxylation is 1. The zero-order valence-electron chi connectivity index (χ0n) is 9.29. The highest BCUT2D eigenvalue weighted by Crippen LogP contribution is 2.34. The number of hydrogen-bond donors (Lipinski definition) is 2. The number of benzene rings is 1. The lowest BCUT2D eigenvalue weighted by atomic mass is 10.0. The van der Waals surface area contributed by atoms with Crippen LogP contribution in [-0.2, 0) is 6.18 Å². The highest BCUT2D eigenvalue weighted by molar-refractivity contribution is 5.82. The van der Waals surface area contributed by atoms with Gasteiger partial charge in [-0.1, -0.05) is 12.1 Å². The van der Waals surface area contributed by atoms with Gasteiger partial charge < -0.3 is 11.5 Å². The molecule has 0 aliphatic rings. The molecule has 8 heteroatoms.